The molecule has 0 aromatic heterocycles. The van der Waals surface area contributed by atoms with E-state index in [1.807, 2.05) is 0 Å². The average Bonchev–Trinajstić information content (AvgIpc) is 2.42. The number of amides is 3. The van der Waals surface area contributed by atoms with Gasteiger partial charge in [0.2, 0.25) is 5.91 Å². The Kier molecular flexibility index (Phi) is 6.09. The van der Waals surface area contributed by atoms with Gasteiger partial charge in [-0.25, -0.2) is 4.79 Å². The zero-order chi connectivity index (χ0) is 17.6. The zero-order valence-electron chi connectivity index (χ0n) is 13.3. The van der Waals surface area contributed by atoms with E-state index in [1.165, 1.54) is 24.3 Å². The number of aliphatic hydroxyl groups is 1. The molecule has 1 aromatic rings. The second kappa shape index (κ2) is 7.59. The Morgan fingerprint density at radius 2 is 1.78 bits per heavy atom. The number of hydrogen-bond acceptors (Lipinski definition) is 5. The van der Waals surface area contributed by atoms with Crippen LogP contribution in [0.4, 0.5) is 10.5 Å². The van der Waals surface area contributed by atoms with Gasteiger partial charge in [-0.05, 0) is 45.0 Å². The fourth-order valence-electron chi connectivity index (χ4n) is 1.52. The summed E-state index contributed by atoms with van der Waals surface area (Å²) in [6.07, 6.45) is -2.04. The molecule has 0 aliphatic carbocycles. The highest BCUT2D eigenvalue weighted by molar-refractivity contribution is 5.95. The topological polar surface area (TPSA) is 131 Å². The molecule has 23 heavy (non-hydrogen) atoms. The molecule has 3 amide bonds. The number of hydrogen-bond donors (Lipinski definition) is 4. The molecule has 0 aliphatic rings. The van der Waals surface area contributed by atoms with Crippen molar-refractivity contribution in [1.82, 2.24) is 5.32 Å². The van der Waals surface area contributed by atoms with E-state index >= 15 is 0 Å². The van der Waals surface area contributed by atoms with Crippen LogP contribution >= 0.6 is 0 Å². The molecule has 0 aliphatic heterocycles. The van der Waals surface area contributed by atoms with Crippen LogP contribution in [0.15, 0.2) is 24.3 Å². The maximum absolute atomic E-state index is 11.8. The smallest absolute Gasteiger partial charge is 0.412 e. The Morgan fingerprint density at radius 1 is 1.22 bits per heavy atom. The summed E-state index contributed by atoms with van der Waals surface area (Å²) in [6.45, 7) is 4.98. The standard InChI is InChI=1S/C15H21N3O5/c1-15(2,3)23-14(22)18-10-6-4-9(5-7-10)13(21)17-8-11(19)12(16)20/h4-7,11,19H,8H2,1-3H3,(H2,16,20)(H,17,21)(H,18,22)/t11-/m0/s1. The molecule has 1 aromatic carbocycles. The van der Waals surface area contributed by atoms with Crippen LogP contribution in [-0.2, 0) is 9.53 Å². The van der Waals surface area contributed by atoms with Crippen molar-refractivity contribution >= 4 is 23.6 Å². The van der Waals surface area contributed by atoms with Crippen molar-refractivity contribution in [2.24, 2.45) is 5.73 Å². The minimum absolute atomic E-state index is 0.272. The predicted molar refractivity (Wildman–Crippen MR) is 83.8 cm³/mol. The summed E-state index contributed by atoms with van der Waals surface area (Å²) >= 11 is 0. The molecule has 8 nitrogen and oxygen atoms in total. The van der Waals surface area contributed by atoms with E-state index in [-0.39, 0.29) is 6.54 Å². The number of anilines is 1. The van der Waals surface area contributed by atoms with Crippen molar-refractivity contribution in [3.8, 4) is 0 Å². The molecule has 1 rings (SSSR count). The summed E-state index contributed by atoms with van der Waals surface area (Å²) < 4.78 is 5.11. The van der Waals surface area contributed by atoms with E-state index in [0.717, 1.165) is 0 Å². The number of carbonyl (C=O) groups is 3. The fraction of sp³-hybridized carbons (Fsp3) is 0.400. The first-order valence-electron chi connectivity index (χ1n) is 6.94. The lowest BCUT2D eigenvalue weighted by atomic mass is 10.2. The highest BCUT2D eigenvalue weighted by Gasteiger charge is 2.16. The van der Waals surface area contributed by atoms with Crippen LogP contribution in [-0.4, -0.2) is 41.3 Å². The maximum Gasteiger partial charge on any atom is 0.412 e. The lowest BCUT2D eigenvalue weighted by Crippen LogP contribution is -2.39. The van der Waals surface area contributed by atoms with Crippen molar-refractivity contribution < 1.29 is 24.2 Å². The largest absolute Gasteiger partial charge is 0.444 e. The molecule has 8 heteroatoms. The first kappa shape index (κ1) is 18.4. The Balaban J connectivity index is 2.57. The molecule has 5 N–H and O–H groups in total. The van der Waals surface area contributed by atoms with Crippen LogP contribution in [0.5, 0.6) is 0 Å². The third-order valence-corrected chi connectivity index (χ3v) is 2.58. The van der Waals surface area contributed by atoms with Gasteiger partial charge in [-0.2, -0.15) is 0 Å². The first-order valence-corrected chi connectivity index (χ1v) is 6.94. The minimum atomic E-state index is -1.44. The van der Waals surface area contributed by atoms with Crippen molar-refractivity contribution in [1.29, 1.82) is 0 Å². The summed E-state index contributed by atoms with van der Waals surface area (Å²) in [5.41, 5.74) is 5.04. The van der Waals surface area contributed by atoms with Gasteiger partial charge in [-0.3, -0.25) is 14.9 Å². The van der Waals surface area contributed by atoms with E-state index < -0.39 is 29.6 Å². The number of ether oxygens (including phenoxy) is 1. The number of carbonyl (C=O) groups excluding carboxylic acids is 3. The molecular formula is C15H21N3O5. The van der Waals surface area contributed by atoms with Gasteiger partial charge in [0.15, 0.2) is 0 Å². The van der Waals surface area contributed by atoms with E-state index in [1.54, 1.807) is 20.8 Å². The van der Waals surface area contributed by atoms with Gasteiger partial charge in [0, 0.05) is 11.3 Å². The molecule has 0 radical (unpaired) electrons. The van der Waals surface area contributed by atoms with Gasteiger partial charge in [0.1, 0.15) is 11.7 Å². The van der Waals surface area contributed by atoms with Crippen LogP contribution in [0.3, 0.4) is 0 Å². The molecule has 0 unspecified atom stereocenters. The summed E-state index contributed by atoms with van der Waals surface area (Å²) in [7, 11) is 0. The molecule has 126 valence electrons. The predicted octanol–water partition coefficient (Wildman–Crippen LogP) is 0.610. The number of benzene rings is 1. The van der Waals surface area contributed by atoms with Gasteiger partial charge in [0.05, 0.1) is 6.54 Å². The van der Waals surface area contributed by atoms with E-state index in [2.05, 4.69) is 10.6 Å². The molecule has 0 saturated carbocycles. The van der Waals surface area contributed by atoms with Crippen LogP contribution in [0.2, 0.25) is 0 Å². The van der Waals surface area contributed by atoms with Crippen molar-refractivity contribution in [3.63, 3.8) is 0 Å². The van der Waals surface area contributed by atoms with Crippen LogP contribution in [0, 0.1) is 0 Å². The molecule has 0 saturated heterocycles. The first-order chi connectivity index (χ1) is 10.6. The Morgan fingerprint density at radius 3 is 2.26 bits per heavy atom. The lowest BCUT2D eigenvalue weighted by molar-refractivity contribution is -0.125. The quantitative estimate of drug-likeness (QED) is 0.630. The Hall–Kier alpha value is -2.61. The number of aliphatic hydroxyl groups excluding tert-OH is 1. The highest BCUT2D eigenvalue weighted by atomic mass is 16.6. The number of rotatable bonds is 5. The van der Waals surface area contributed by atoms with Gasteiger partial charge >= 0.3 is 6.09 Å². The third kappa shape index (κ3) is 6.79. The van der Waals surface area contributed by atoms with Gasteiger partial charge in [0.25, 0.3) is 5.91 Å². The second-order valence-electron chi connectivity index (χ2n) is 5.83. The molecule has 1 atom stereocenters. The second-order valence-corrected chi connectivity index (χ2v) is 5.83. The molecular weight excluding hydrogens is 302 g/mol. The monoisotopic (exact) mass is 323 g/mol. The minimum Gasteiger partial charge on any atom is -0.444 e. The Bertz CT molecular complexity index is 578. The van der Waals surface area contributed by atoms with E-state index in [4.69, 9.17) is 10.5 Å². The molecule has 0 fully saturated rings. The molecule has 0 spiro atoms. The van der Waals surface area contributed by atoms with Crippen molar-refractivity contribution in [2.45, 2.75) is 32.5 Å². The number of primary amides is 1. The molecule has 0 heterocycles. The summed E-state index contributed by atoms with van der Waals surface area (Å²) in [5.74, 6) is -1.39. The third-order valence-electron chi connectivity index (χ3n) is 2.58. The van der Waals surface area contributed by atoms with Gasteiger partial charge in [-0.1, -0.05) is 0 Å². The van der Waals surface area contributed by atoms with Crippen LogP contribution < -0.4 is 16.4 Å². The average molecular weight is 323 g/mol. The van der Waals surface area contributed by atoms with Crippen molar-refractivity contribution in [2.75, 3.05) is 11.9 Å². The lowest BCUT2D eigenvalue weighted by Gasteiger charge is -2.19. The van der Waals surface area contributed by atoms with Gasteiger partial charge in [-0.15, -0.1) is 0 Å². The number of nitrogens with one attached hydrogen (secondary N) is 2. The Labute approximate surface area is 134 Å². The highest BCUT2D eigenvalue weighted by Crippen LogP contribution is 2.13. The number of nitrogens with two attached hydrogens (primary N) is 1. The van der Waals surface area contributed by atoms with E-state index in [9.17, 15) is 19.5 Å². The van der Waals surface area contributed by atoms with E-state index in [0.29, 0.717) is 11.3 Å². The normalized spacial score (nSPS) is 12.2. The summed E-state index contributed by atoms with van der Waals surface area (Å²) in [5, 5.41) is 14.1. The van der Waals surface area contributed by atoms with Crippen LogP contribution in [0.25, 0.3) is 0 Å². The maximum atomic E-state index is 11.8. The zero-order valence-corrected chi connectivity index (χ0v) is 13.3. The summed E-state index contributed by atoms with van der Waals surface area (Å²) in [6, 6.07) is 6.03. The SMILES string of the molecule is CC(C)(C)OC(=O)Nc1ccc(C(=O)NC[C@H](O)C(N)=O)cc1. The van der Waals surface area contributed by atoms with Crippen molar-refractivity contribution in [3.05, 3.63) is 29.8 Å². The molecule has 0 bridgehead atoms. The summed E-state index contributed by atoms with van der Waals surface area (Å²) in [4.78, 5) is 34.1. The van der Waals surface area contributed by atoms with Gasteiger partial charge < -0.3 is 20.9 Å². The van der Waals surface area contributed by atoms with Crippen LogP contribution in [0.1, 0.15) is 31.1 Å². The fourth-order valence-corrected chi connectivity index (χ4v) is 1.52.